The first-order valence-corrected chi connectivity index (χ1v) is 16.0. The predicted octanol–water partition coefficient (Wildman–Crippen LogP) is 6.61. The van der Waals surface area contributed by atoms with Crippen LogP contribution in [-0.4, -0.2) is 65.6 Å². The summed E-state index contributed by atoms with van der Waals surface area (Å²) in [7, 11) is 0. The van der Waals surface area contributed by atoms with Gasteiger partial charge in [-0.05, 0) is 55.0 Å². The minimum Gasteiger partial charge on any atom is -0.460 e. The molecule has 3 heterocycles. The summed E-state index contributed by atoms with van der Waals surface area (Å²) in [4.78, 5) is 31.6. The van der Waals surface area contributed by atoms with E-state index in [1.165, 1.54) is 11.0 Å². The Morgan fingerprint density at radius 3 is 2.76 bits per heavy atom. The van der Waals surface area contributed by atoms with E-state index in [0.29, 0.717) is 55.8 Å². The highest BCUT2D eigenvalue weighted by Gasteiger charge is 2.37. The third-order valence-electron chi connectivity index (χ3n) is 9.47. The molecule has 1 saturated carbocycles. The first kappa shape index (κ1) is 31.0. The monoisotopic (exact) mass is 634 g/mol. The van der Waals surface area contributed by atoms with Crippen LogP contribution in [-0.2, 0) is 17.8 Å². The van der Waals surface area contributed by atoms with Gasteiger partial charge >= 0.3 is 6.01 Å². The first-order chi connectivity index (χ1) is 21.7. The Bertz CT molecular complexity index is 1680. The molecule has 1 saturated heterocycles. The van der Waals surface area contributed by atoms with Gasteiger partial charge in [0.15, 0.2) is 5.83 Å². The van der Waals surface area contributed by atoms with Crippen LogP contribution in [0.4, 0.5) is 20.3 Å². The average Bonchev–Trinajstić information content (AvgIpc) is 3.50. The van der Waals surface area contributed by atoms with Crippen LogP contribution < -0.4 is 14.5 Å². The van der Waals surface area contributed by atoms with Crippen LogP contribution in [0.3, 0.4) is 0 Å². The minimum atomic E-state index is -1.03. The molecule has 0 radical (unpaired) electrons. The van der Waals surface area contributed by atoms with Crippen LogP contribution in [0.15, 0.2) is 42.7 Å². The van der Waals surface area contributed by atoms with Crippen molar-refractivity contribution in [3.8, 4) is 6.01 Å². The van der Waals surface area contributed by atoms with Gasteiger partial charge in [0.1, 0.15) is 23.8 Å². The molecule has 2 fully saturated rings. The fourth-order valence-corrected chi connectivity index (χ4v) is 7.46. The Balaban J connectivity index is 1.38. The van der Waals surface area contributed by atoms with E-state index in [1.807, 2.05) is 18.2 Å². The molecule has 3 aromatic rings. The Hall–Kier alpha value is -3.97. The number of hydrogen-bond donors (Lipinski definition) is 0. The number of carbonyl (C=O) groups is 1. The highest BCUT2D eigenvalue weighted by molar-refractivity contribution is 6.36. The van der Waals surface area contributed by atoms with Gasteiger partial charge in [0, 0.05) is 42.8 Å². The first-order valence-electron chi connectivity index (χ1n) is 15.6. The molecule has 3 atom stereocenters. The van der Waals surface area contributed by atoms with Crippen molar-refractivity contribution in [1.29, 1.82) is 0 Å². The number of amides is 1. The van der Waals surface area contributed by atoms with E-state index in [0.717, 1.165) is 47.4 Å². The topological polar surface area (TPSA) is 66.2 Å². The second-order valence-corrected chi connectivity index (χ2v) is 12.9. The van der Waals surface area contributed by atoms with E-state index < -0.39 is 23.6 Å². The SMILES string of the molecule is [C-]#[N+]C[C@H]1CN(c2nc(O[C@H]3CCC[C@@H]3C(C)C)nc3c2CCN(c2cccc4ccc(F)c(Cl)c24)C3)CCN1C(=O)C(=C)F. The molecule has 6 rings (SSSR count). The molecule has 0 N–H and O–H groups in total. The summed E-state index contributed by atoms with van der Waals surface area (Å²) in [6.45, 7) is 17.2. The maximum atomic E-state index is 14.6. The second kappa shape index (κ2) is 12.8. The van der Waals surface area contributed by atoms with E-state index in [-0.39, 0.29) is 24.2 Å². The van der Waals surface area contributed by atoms with Crippen LogP contribution in [0.25, 0.3) is 15.6 Å². The zero-order chi connectivity index (χ0) is 31.8. The van der Waals surface area contributed by atoms with Gasteiger partial charge in [0.05, 0.1) is 17.3 Å². The van der Waals surface area contributed by atoms with E-state index in [2.05, 4.69) is 35.1 Å². The van der Waals surface area contributed by atoms with Crippen LogP contribution in [0.1, 0.15) is 44.4 Å². The molecule has 2 aliphatic heterocycles. The molecule has 0 spiro atoms. The molecule has 1 amide bonds. The smallest absolute Gasteiger partial charge is 0.318 e. The number of ether oxygens (including phenoxy) is 1. The Morgan fingerprint density at radius 2 is 2.00 bits per heavy atom. The van der Waals surface area contributed by atoms with E-state index in [9.17, 15) is 13.6 Å². The largest absolute Gasteiger partial charge is 0.460 e. The van der Waals surface area contributed by atoms with Gasteiger partial charge in [-0.3, -0.25) is 4.79 Å². The summed E-state index contributed by atoms with van der Waals surface area (Å²) in [5.41, 5.74) is 2.61. The fourth-order valence-electron chi connectivity index (χ4n) is 7.19. The number of halogens is 3. The zero-order valence-corrected chi connectivity index (χ0v) is 26.4. The zero-order valence-electron chi connectivity index (χ0n) is 25.6. The number of benzene rings is 2. The molecule has 1 aliphatic carbocycles. The molecule has 3 aliphatic rings. The van der Waals surface area contributed by atoms with Crippen molar-refractivity contribution in [1.82, 2.24) is 14.9 Å². The molecule has 0 bridgehead atoms. The fraction of sp³-hybridized carbons (Fsp3) is 0.471. The van der Waals surface area contributed by atoms with Gasteiger partial charge in [-0.1, -0.05) is 50.2 Å². The highest BCUT2D eigenvalue weighted by Crippen LogP contribution is 2.39. The molecule has 1 aromatic heterocycles. The molecular formula is C34H37ClF2N6O2. The Labute approximate surface area is 267 Å². The van der Waals surface area contributed by atoms with Gasteiger partial charge in [-0.25, -0.2) is 15.4 Å². The van der Waals surface area contributed by atoms with E-state index in [4.69, 9.17) is 32.9 Å². The van der Waals surface area contributed by atoms with Crippen molar-refractivity contribution in [2.45, 2.75) is 58.2 Å². The van der Waals surface area contributed by atoms with Crippen molar-refractivity contribution in [3.63, 3.8) is 0 Å². The number of anilines is 2. The van der Waals surface area contributed by atoms with Gasteiger partial charge in [-0.15, -0.1) is 0 Å². The lowest BCUT2D eigenvalue weighted by atomic mass is 9.92. The predicted molar refractivity (Wildman–Crippen MR) is 172 cm³/mol. The van der Waals surface area contributed by atoms with Crippen LogP contribution >= 0.6 is 11.6 Å². The highest BCUT2D eigenvalue weighted by atomic mass is 35.5. The van der Waals surface area contributed by atoms with Gasteiger partial charge in [0.25, 0.3) is 5.91 Å². The molecule has 236 valence electrons. The number of piperazine rings is 1. The summed E-state index contributed by atoms with van der Waals surface area (Å²) in [5, 5.41) is 1.61. The maximum absolute atomic E-state index is 14.6. The molecule has 11 heteroatoms. The third-order valence-corrected chi connectivity index (χ3v) is 9.84. The summed E-state index contributed by atoms with van der Waals surface area (Å²) in [6.07, 6.45) is 3.74. The van der Waals surface area contributed by atoms with E-state index >= 15 is 0 Å². The lowest BCUT2D eigenvalue weighted by Gasteiger charge is -2.41. The van der Waals surface area contributed by atoms with Crippen LogP contribution in [0, 0.1) is 24.2 Å². The lowest BCUT2D eigenvalue weighted by molar-refractivity contribution is -0.131. The summed E-state index contributed by atoms with van der Waals surface area (Å²) in [6, 6.07) is 8.73. The second-order valence-electron chi connectivity index (χ2n) is 12.5. The lowest BCUT2D eigenvalue weighted by Crippen LogP contribution is -2.57. The standard InChI is InChI=1S/C34H37ClF2N6O2/c1-20(2)24-8-6-10-29(24)45-34-39-27-19-41(28-9-5-7-22-11-12-26(37)31(35)30(22)28)14-13-25(27)32(40-34)42-15-16-43(33(44)21(3)36)23(18-42)17-38-4/h5,7,9,11-12,20,23-24,29H,3,6,8,10,13-19H2,1-2H3/t23-,24+,29-/m0/s1. The number of carbonyl (C=O) groups excluding carboxylic acids is 1. The molecule has 45 heavy (non-hydrogen) atoms. The van der Waals surface area contributed by atoms with Gasteiger partial charge in [-0.2, -0.15) is 9.97 Å². The summed E-state index contributed by atoms with van der Waals surface area (Å²) < 4.78 is 35.0. The minimum absolute atomic E-state index is 0.00957. The van der Waals surface area contributed by atoms with Gasteiger partial charge in [0.2, 0.25) is 6.54 Å². The molecule has 8 nitrogen and oxygen atoms in total. The van der Waals surface area contributed by atoms with Crippen LogP contribution in [0.5, 0.6) is 6.01 Å². The summed E-state index contributed by atoms with van der Waals surface area (Å²) in [5.74, 6) is -0.682. The normalized spacial score (nSPS) is 21.6. The van der Waals surface area contributed by atoms with E-state index in [1.54, 1.807) is 6.07 Å². The molecule has 2 aromatic carbocycles. The van der Waals surface area contributed by atoms with Crippen molar-refractivity contribution in [2.24, 2.45) is 11.8 Å². The molecular weight excluding hydrogens is 598 g/mol. The Morgan fingerprint density at radius 1 is 1.18 bits per heavy atom. The maximum Gasteiger partial charge on any atom is 0.318 e. The van der Waals surface area contributed by atoms with Crippen molar-refractivity contribution in [2.75, 3.05) is 42.5 Å². The third kappa shape index (κ3) is 6.02. The van der Waals surface area contributed by atoms with Crippen molar-refractivity contribution < 1.29 is 18.3 Å². The number of aromatic nitrogens is 2. The summed E-state index contributed by atoms with van der Waals surface area (Å²) >= 11 is 6.50. The Kier molecular flexibility index (Phi) is 8.82. The van der Waals surface area contributed by atoms with Crippen LogP contribution in [0.2, 0.25) is 5.02 Å². The van der Waals surface area contributed by atoms with Gasteiger partial charge < -0.3 is 24.3 Å². The number of rotatable bonds is 7. The van der Waals surface area contributed by atoms with Crippen molar-refractivity contribution >= 4 is 39.8 Å². The number of nitrogens with zero attached hydrogens (tertiary/aromatic N) is 6. The quantitative estimate of drug-likeness (QED) is 0.215. The average molecular weight is 635 g/mol. The molecule has 0 unspecified atom stereocenters. The number of hydrogen-bond acceptors (Lipinski definition) is 6. The number of fused-ring (bicyclic) bond motifs is 2. The van der Waals surface area contributed by atoms with Crippen molar-refractivity contribution in [3.05, 3.63) is 76.3 Å².